The van der Waals surface area contributed by atoms with Crippen LogP contribution in [0, 0.1) is 0 Å². The number of furan rings is 1. The Morgan fingerprint density at radius 2 is 2.18 bits per heavy atom. The number of carboxylic acid groups (broad SMARTS) is 1. The molecule has 1 aliphatic heterocycles. The third kappa shape index (κ3) is 1.34. The smallest absolute Gasteiger partial charge is 0.307 e. The minimum absolute atomic E-state index is 0.0173. The van der Waals surface area contributed by atoms with E-state index in [1.165, 1.54) is 5.57 Å². The number of carboxylic acids is 1. The second kappa shape index (κ2) is 3.91. The first-order valence-corrected chi connectivity index (χ1v) is 7.27. The molecular formula is C18H12O4. The van der Waals surface area contributed by atoms with Crippen molar-refractivity contribution in [3.8, 4) is 5.75 Å². The van der Waals surface area contributed by atoms with Crippen molar-refractivity contribution in [2.24, 2.45) is 0 Å². The number of rotatable bonds is 2. The SMILES string of the molecule is O=C(O)Cc1c2c3c(c4oc5c(c14)C=CC=5)OCC=3CC=C2. The molecule has 0 amide bonds. The van der Waals surface area contributed by atoms with Gasteiger partial charge in [0.25, 0.3) is 0 Å². The van der Waals surface area contributed by atoms with Crippen LogP contribution in [0.1, 0.15) is 23.1 Å². The first kappa shape index (κ1) is 11.9. The Kier molecular flexibility index (Phi) is 2.11. The van der Waals surface area contributed by atoms with E-state index in [0.29, 0.717) is 12.2 Å². The molecule has 0 atom stereocenters. The molecule has 0 radical (unpaired) electrons. The van der Waals surface area contributed by atoms with E-state index in [1.54, 1.807) is 0 Å². The molecule has 5 rings (SSSR count). The van der Waals surface area contributed by atoms with Crippen LogP contribution in [0.3, 0.4) is 0 Å². The van der Waals surface area contributed by atoms with Gasteiger partial charge in [-0.2, -0.15) is 0 Å². The highest BCUT2D eigenvalue weighted by molar-refractivity contribution is 6.01. The van der Waals surface area contributed by atoms with Crippen LogP contribution in [-0.4, -0.2) is 17.7 Å². The molecule has 1 aromatic carbocycles. The minimum Gasteiger partial charge on any atom is -0.485 e. The maximum Gasteiger partial charge on any atom is 0.307 e. The first-order chi connectivity index (χ1) is 10.7. The largest absolute Gasteiger partial charge is 0.485 e. The molecule has 1 aromatic heterocycles. The number of carbonyl (C=O) groups is 1. The van der Waals surface area contributed by atoms with E-state index in [1.807, 2.05) is 24.3 Å². The van der Waals surface area contributed by atoms with Gasteiger partial charge < -0.3 is 14.3 Å². The van der Waals surface area contributed by atoms with Crippen molar-refractivity contribution in [1.29, 1.82) is 0 Å². The average molecular weight is 292 g/mol. The molecule has 0 fully saturated rings. The predicted molar refractivity (Wildman–Crippen MR) is 82.9 cm³/mol. The molecule has 1 N–H and O–H groups in total. The minimum atomic E-state index is -0.835. The van der Waals surface area contributed by atoms with Crippen LogP contribution in [0.4, 0.5) is 0 Å². The summed E-state index contributed by atoms with van der Waals surface area (Å²) in [6.45, 7) is 0.559. The molecule has 22 heavy (non-hydrogen) atoms. The fourth-order valence-corrected chi connectivity index (χ4v) is 3.68. The Hall–Kier alpha value is -2.75. The van der Waals surface area contributed by atoms with Crippen molar-refractivity contribution >= 4 is 40.7 Å². The second-order valence-electron chi connectivity index (χ2n) is 5.78. The number of benzene rings is 1. The molecule has 2 heterocycles. The molecule has 2 aromatic rings. The van der Waals surface area contributed by atoms with Crippen LogP contribution in [0.2, 0.25) is 0 Å². The van der Waals surface area contributed by atoms with Gasteiger partial charge in [0.2, 0.25) is 0 Å². The van der Waals surface area contributed by atoms with Gasteiger partial charge in [0.05, 0.1) is 6.42 Å². The highest BCUT2D eigenvalue weighted by Crippen LogP contribution is 2.37. The van der Waals surface area contributed by atoms with Crippen LogP contribution in [0.5, 0.6) is 5.75 Å². The Bertz CT molecular complexity index is 1050. The zero-order valence-electron chi connectivity index (χ0n) is 11.7. The van der Waals surface area contributed by atoms with Gasteiger partial charge in [0, 0.05) is 16.2 Å². The Morgan fingerprint density at radius 3 is 3.05 bits per heavy atom. The Balaban J connectivity index is 2.04. The van der Waals surface area contributed by atoms with Gasteiger partial charge in [0.15, 0.2) is 11.3 Å². The summed E-state index contributed by atoms with van der Waals surface area (Å²) in [7, 11) is 0. The molecule has 0 unspecified atom stereocenters. The summed E-state index contributed by atoms with van der Waals surface area (Å²) in [4.78, 5) is 11.4. The lowest BCUT2D eigenvalue weighted by Crippen LogP contribution is -2.16. The molecule has 4 nitrogen and oxygen atoms in total. The lowest BCUT2D eigenvalue weighted by molar-refractivity contribution is -0.136. The summed E-state index contributed by atoms with van der Waals surface area (Å²) >= 11 is 0. The molecule has 0 spiro atoms. The van der Waals surface area contributed by atoms with Crippen molar-refractivity contribution in [2.75, 3.05) is 6.61 Å². The molecule has 0 saturated heterocycles. The van der Waals surface area contributed by atoms with E-state index in [-0.39, 0.29) is 6.42 Å². The van der Waals surface area contributed by atoms with Crippen LogP contribution in [0.15, 0.2) is 16.6 Å². The quantitative estimate of drug-likeness (QED) is 0.917. The molecule has 4 heteroatoms. The zero-order chi connectivity index (χ0) is 14.8. The first-order valence-electron chi connectivity index (χ1n) is 7.27. The van der Waals surface area contributed by atoms with Crippen LogP contribution in [0.25, 0.3) is 34.8 Å². The number of allylic oxidation sites excluding steroid dienone is 2. The van der Waals surface area contributed by atoms with Gasteiger partial charge in [-0.1, -0.05) is 24.3 Å². The standard InChI is InChI=1S/C18H12O4/c19-14(20)7-12-10-4-1-3-9-8-21-17(15(9)10)18-16(12)11-5-2-6-13(11)22-18/h1-2,4-6H,3,7-8H2,(H,19,20). The van der Waals surface area contributed by atoms with Gasteiger partial charge in [-0.25, -0.2) is 0 Å². The number of aliphatic carboxylic acids is 1. The van der Waals surface area contributed by atoms with E-state index >= 15 is 0 Å². The summed E-state index contributed by atoms with van der Waals surface area (Å²) < 4.78 is 11.9. The monoisotopic (exact) mass is 292 g/mol. The predicted octanol–water partition coefficient (Wildman–Crippen LogP) is 1.83. The van der Waals surface area contributed by atoms with Crippen LogP contribution >= 0.6 is 0 Å². The summed E-state index contributed by atoms with van der Waals surface area (Å²) in [5.41, 5.74) is 5.43. The third-order valence-corrected chi connectivity index (χ3v) is 4.53. The molecule has 2 aliphatic carbocycles. The highest BCUT2D eigenvalue weighted by atomic mass is 16.5. The van der Waals surface area contributed by atoms with Crippen LogP contribution in [-0.2, 0) is 11.2 Å². The fraction of sp³-hybridized carbons (Fsp3) is 0.167. The Labute approximate surface area is 125 Å². The number of ether oxygens (including phenoxy) is 1. The lowest BCUT2D eigenvalue weighted by Gasteiger charge is -2.12. The van der Waals surface area contributed by atoms with Gasteiger partial charge >= 0.3 is 5.97 Å². The normalized spacial score (nSPS) is 16.6. The average Bonchev–Trinajstić information content (AvgIpc) is 3.16. The van der Waals surface area contributed by atoms with Crippen molar-refractivity contribution in [2.45, 2.75) is 12.8 Å². The number of fused-ring (bicyclic) bond motifs is 4. The Morgan fingerprint density at radius 1 is 1.27 bits per heavy atom. The number of hydrogen-bond donors (Lipinski definition) is 1. The summed E-state index contributed by atoms with van der Waals surface area (Å²) in [6, 6.07) is 0. The molecular weight excluding hydrogens is 280 g/mol. The third-order valence-electron chi connectivity index (χ3n) is 4.53. The molecule has 0 bridgehead atoms. The van der Waals surface area contributed by atoms with Crippen molar-refractivity contribution in [1.82, 2.24) is 0 Å². The van der Waals surface area contributed by atoms with E-state index in [2.05, 4.69) is 6.08 Å². The van der Waals surface area contributed by atoms with E-state index < -0.39 is 5.97 Å². The highest BCUT2D eigenvalue weighted by Gasteiger charge is 2.28. The molecule has 3 aliphatic rings. The van der Waals surface area contributed by atoms with Crippen molar-refractivity contribution in [3.63, 3.8) is 0 Å². The second-order valence-corrected chi connectivity index (χ2v) is 5.78. The van der Waals surface area contributed by atoms with E-state index in [4.69, 9.17) is 9.15 Å². The fourth-order valence-electron chi connectivity index (χ4n) is 3.68. The molecule has 108 valence electrons. The van der Waals surface area contributed by atoms with Crippen molar-refractivity contribution < 1.29 is 19.1 Å². The topological polar surface area (TPSA) is 59.7 Å². The van der Waals surface area contributed by atoms with Gasteiger partial charge in [-0.05, 0) is 29.2 Å². The van der Waals surface area contributed by atoms with Crippen molar-refractivity contribution in [3.05, 3.63) is 39.5 Å². The van der Waals surface area contributed by atoms with E-state index in [0.717, 1.165) is 44.9 Å². The maximum atomic E-state index is 11.4. The maximum absolute atomic E-state index is 11.4. The lowest BCUT2D eigenvalue weighted by atomic mass is 9.90. The summed E-state index contributed by atoms with van der Waals surface area (Å²) in [6.07, 6.45) is 10.7. The van der Waals surface area contributed by atoms with Gasteiger partial charge in [-0.3, -0.25) is 4.79 Å². The van der Waals surface area contributed by atoms with Gasteiger partial charge in [0.1, 0.15) is 12.0 Å². The number of hydrogen-bond acceptors (Lipinski definition) is 3. The van der Waals surface area contributed by atoms with Crippen LogP contribution < -0.4 is 15.4 Å². The molecule has 0 saturated carbocycles. The zero-order valence-corrected chi connectivity index (χ0v) is 11.7. The summed E-state index contributed by atoms with van der Waals surface area (Å²) in [5.74, 6) is -0.0625. The van der Waals surface area contributed by atoms with Gasteiger partial charge in [-0.15, -0.1) is 0 Å². The summed E-state index contributed by atoms with van der Waals surface area (Å²) in [5, 5.41) is 11.3. The van der Waals surface area contributed by atoms with E-state index in [9.17, 15) is 9.90 Å².